The Labute approximate surface area is 124 Å². The highest BCUT2D eigenvalue weighted by atomic mass is 16.5. The molecule has 20 heavy (non-hydrogen) atoms. The number of carbonyl (C=O) groups is 1. The minimum Gasteiger partial charge on any atom is -0.462 e. The van der Waals surface area contributed by atoms with Crippen LogP contribution in [0.5, 0.6) is 0 Å². The van der Waals surface area contributed by atoms with Crippen molar-refractivity contribution in [2.24, 2.45) is 11.8 Å². The lowest BCUT2D eigenvalue weighted by atomic mass is 9.98. The topological polar surface area (TPSA) is 26.3 Å². The number of ether oxygens (including phenoxy) is 1. The number of esters is 1. The van der Waals surface area contributed by atoms with Gasteiger partial charge in [0.2, 0.25) is 0 Å². The van der Waals surface area contributed by atoms with Crippen LogP contribution in [0.4, 0.5) is 0 Å². The van der Waals surface area contributed by atoms with Crippen LogP contribution in [0.15, 0.2) is 30.3 Å². The molecule has 0 heterocycles. The van der Waals surface area contributed by atoms with Crippen LogP contribution >= 0.6 is 0 Å². The van der Waals surface area contributed by atoms with Crippen LogP contribution in [-0.4, -0.2) is 12.6 Å². The van der Waals surface area contributed by atoms with Crippen molar-refractivity contribution in [1.82, 2.24) is 0 Å². The first kappa shape index (κ1) is 18.7. The first-order chi connectivity index (χ1) is 9.09. The second-order valence-corrected chi connectivity index (χ2v) is 5.72. The Morgan fingerprint density at radius 3 is 2.30 bits per heavy atom. The van der Waals surface area contributed by atoms with Gasteiger partial charge in [0.25, 0.3) is 0 Å². The van der Waals surface area contributed by atoms with E-state index in [9.17, 15) is 4.79 Å². The normalized spacial score (nSPS) is 11.8. The number of carbonyl (C=O) groups excluding carboxylic acids is 1. The summed E-state index contributed by atoms with van der Waals surface area (Å²) in [6, 6.07) is 9.17. The summed E-state index contributed by atoms with van der Waals surface area (Å²) >= 11 is 0. The number of rotatable bonds is 8. The highest BCUT2D eigenvalue weighted by Gasteiger charge is 2.08. The molecule has 0 fully saturated rings. The van der Waals surface area contributed by atoms with E-state index in [2.05, 4.69) is 20.8 Å². The molecule has 0 spiro atoms. The molecule has 1 aromatic carbocycles. The molecule has 0 aliphatic heterocycles. The monoisotopic (exact) mass is 278 g/mol. The van der Waals surface area contributed by atoms with Gasteiger partial charge in [-0.1, -0.05) is 65.7 Å². The fourth-order valence-corrected chi connectivity index (χ4v) is 2.03. The molecule has 0 aliphatic rings. The van der Waals surface area contributed by atoms with Crippen molar-refractivity contribution in [3.05, 3.63) is 35.9 Å². The minimum atomic E-state index is -0.213. The van der Waals surface area contributed by atoms with Gasteiger partial charge in [0.1, 0.15) is 0 Å². The van der Waals surface area contributed by atoms with Crippen molar-refractivity contribution in [2.45, 2.75) is 53.9 Å². The van der Waals surface area contributed by atoms with Gasteiger partial charge in [-0.2, -0.15) is 0 Å². The Bertz CT molecular complexity index is 357. The van der Waals surface area contributed by atoms with Gasteiger partial charge < -0.3 is 4.74 Å². The molecule has 1 atom stereocenters. The second kappa shape index (κ2) is 10.5. The highest BCUT2D eigenvalue weighted by Crippen LogP contribution is 2.15. The molecule has 2 heteroatoms. The average Bonchev–Trinajstić information content (AvgIpc) is 2.39. The lowest BCUT2D eigenvalue weighted by Gasteiger charge is -2.12. The smallest absolute Gasteiger partial charge is 0.338 e. The maximum Gasteiger partial charge on any atom is 0.338 e. The van der Waals surface area contributed by atoms with E-state index in [1.807, 2.05) is 18.2 Å². The quantitative estimate of drug-likeness (QED) is 0.601. The van der Waals surface area contributed by atoms with Crippen LogP contribution in [0.2, 0.25) is 0 Å². The molecule has 1 unspecified atom stereocenters. The third-order valence-electron chi connectivity index (χ3n) is 3.33. The van der Waals surface area contributed by atoms with Crippen molar-refractivity contribution in [3.8, 4) is 0 Å². The van der Waals surface area contributed by atoms with Gasteiger partial charge in [-0.3, -0.25) is 0 Å². The predicted octanol–water partition coefficient (Wildman–Crippen LogP) is 5.33. The maximum absolute atomic E-state index is 11.7. The number of benzene rings is 1. The second-order valence-electron chi connectivity index (χ2n) is 5.72. The first-order valence-electron chi connectivity index (χ1n) is 7.31. The summed E-state index contributed by atoms with van der Waals surface area (Å²) < 4.78 is 5.29. The zero-order valence-corrected chi connectivity index (χ0v) is 12.4. The third-order valence-corrected chi connectivity index (χ3v) is 3.33. The molecule has 1 aromatic rings. The highest BCUT2D eigenvalue weighted by molar-refractivity contribution is 5.89. The molecule has 0 aliphatic carbocycles. The van der Waals surface area contributed by atoms with E-state index in [1.54, 1.807) is 12.1 Å². The van der Waals surface area contributed by atoms with E-state index in [0.717, 1.165) is 12.3 Å². The van der Waals surface area contributed by atoms with Crippen molar-refractivity contribution in [2.75, 3.05) is 6.61 Å². The van der Waals surface area contributed by atoms with Gasteiger partial charge in [0.15, 0.2) is 0 Å². The van der Waals surface area contributed by atoms with Crippen LogP contribution < -0.4 is 0 Å². The van der Waals surface area contributed by atoms with Gasteiger partial charge >= 0.3 is 5.97 Å². The Hall–Kier alpha value is -1.31. The van der Waals surface area contributed by atoms with Gasteiger partial charge in [-0.05, 0) is 30.4 Å². The largest absolute Gasteiger partial charge is 0.462 e. The lowest BCUT2D eigenvalue weighted by Crippen LogP contribution is -2.09. The van der Waals surface area contributed by atoms with Crippen LogP contribution in [0.25, 0.3) is 0 Å². The minimum absolute atomic E-state index is 0. The van der Waals surface area contributed by atoms with Crippen LogP contribution in [0.1, 0.15) is 64.2 Å². The molecule has 0 saturated carbocycles. The first-order valence-corrected chi connectivity index (χ1v) is 7.31. The van der Waals surface area contributed by atoms with E-state index in [1.165, 1.54) is 19.3 Å². The van der Waals surface area contributed by atoms with Crippen molar-refractivity contribution in [1.29, 1.82) is 0 Å². The van der Waals surface area contributed by atoms with E-state index in [0.29, 0.717) is 18.1 Å². The van der Waals surface area contributed by atoms with Gasteiger partial charge in [0, 0.05) is 0 Å². The summed E-state index contributed by atoms with van der Waals surface area (Å²) in [7, 11) is 0. The summed E-state index contributed by atoms with van der Waals surface area (Å²) in [5.74, 6) is 1.19. The summed E-state index contributed by atoms with van der Waals surface area (Å²) in [6.07, 6.45) is 4.73. The SMILES string of the molecule is C.CC(C)CCCC(C)CCOC(=O)c1ccccc1. The Morgan fingerprint density at radius 1 is 1.05 bits per heavy atom. The summed E-state index contributed by atoms with van der Waals surface area (Å²) in [5.41, 5.74) is 0.634. The molecule has 0 aromatic heterocycles. The van der Waals surface area contributed by atoms with E-state index in [4.69, 9.17) is 4.74 Å². The molecule has 2 nitrogen and oxygen atoms in total. The zero-order chi connectivity index (χ0) is 14.1. The summed E-state index contributed by atoms with van der Waals surface area (Å²) in [6.45, 7) is 7.27. The molecular formula is C18H30O2. The fraction of sp³-hybridized carbons (Fsp3) is 0.611. The fourth-order valence-electron chi connectivity index (χ4n) is 2.03. The van der Waals surface area contributed by atoms with Crippen LogP contribution in [-0.2, 0) is 4.74 Å². The molecule has 0 amide bonds. The Morgan fingerprint density at radius 2 is 1.70 bits per heavy atom. The molecule has 0 bridgehead atoms. The molecule has 114 valence electrons. The molecular weight excluding hydrogens is 248 g/mol. The van der Waals surface area contributed by atoms with Crippen molar-refractivity contribution < 1.29 is 9.53 Å². The lowest BCUT2D eigenvalue weighted by molar-refractivity contribution is 0.0483. The van der Waals surface area contributed by atoms with Gasteiger partial charge in [0.05, 0.1) is 12.2 Å². The van der Waals surface area contributed by atoms with E-state index < -0.39 is 0 Å². The zero-order valence-electron chi connectivity index (χ0n) is 12.4. The van der Waals surface area contributed by atoms with Gasteiger partial charge in [-0.25, -0.2) is 4.79 Å². The summed E-state index contributed by atoms with van der Waals surface area (Å²) in [4.78, 5) is 11.7. The Balaban J connectivity index is 0.00000361. The molecule has 1 rings (SSSR count). The number of hydrogen-bond donors (Lipinski definition) is 0. The van der Waals surface area contributed by atoms with Crippen LogP contribution in [0.3, 0.4) is 0 Å². The average molecular weight is 278 g/mol. The van der Waals surface area contributed by atoms with E-state index >= 15 is 0 Å². The molecule has 0 saturated heterocycles. The Kier molecular flexibility index (Phi) is 9.79. The molecule has 0 radical (unpaired) electrons. The van der Waals surface area contributed by atoms with Crippen molar-refractivity contribution in [3.63, 3.8) is 0 Å². The standard InChI is InChI=1S/C17H26O2.CH4/c1-14(2)8-7-9-15(3)12-13-19-17(18)16-10-5-4-6-11-16;/h4-6,10-11,14-15H,7-9,12-13H2,1-3H3;1H4. The number of hydrogen-bond acceptors (Lipinski definition) is 2. The van der Waals surface area contributed by atoms with Crippen LogP contribution in [0, 0.1) is 11.8 Å². The van der Waals surface area contributed by atoms with E-state index in [-0.39, 0.29) is 13.4 Å². The third kappa shape index (κ3) is 7.98. The molecule has 0 N–H and O–H groups in total. The maximum atomic E-state index is 11.7. The van der Waals surface area contributed by atoms with Crippen molar-refractivity contribution >= 4 is 5.97 Å². The predicted molar refractivity (Wildman–Crippen MR) is 85.9 cm³/mol. The summed E-state index contributed by atoms with van der Waals surface area (Å²) in [5, 5.41) is 0. The van der Waals surface area contributed by atoms with Gasteiger partial charge in [-0.15, -0.1) is 0 Å².